The van der Waals surface area contributed by atoms with Crippen molar-refractivity contribution in [2.24, 2.45) is 0 Å². The van der Waals surface area contributed by atoms with Crippen LogP contribution in [0.2, 0.25) is 0 Å². The van der Waals surface area contributed by atoms with Crippen LogP contribution in [-0.2, 0) is 16.0 Å². The van der Waals surface area contributed by atoms with E-state index in [1.807, 2.05) is 36.4 Å². The highest BCUT2D eigenvalue weighted by molar-refractivity contribution is 5.77. The van der Waals surface area contributed by atoms with Crippen molar-refractivity contribution in [2.75, 3.05) is 27.4 Å². The van der Waals surface area contributed by atoms with Crippen LogP contribution in [0.4, 0.5) is 0 Å². The first-order valence-electron chi connectivity index (χ1n) is 10.1. The molecule has 2 aromatic carbocycles. The molecular weight excluding hydrogens is 382 g/mol. The largest absolute Gasteiger partial charge is 0.497 e. The van der Waals surface area contributed by atoms with Crippen molar-refractivity contribution in [2.45, 2.75) is 44.8 Å². The molecule has 6 nitrogen and oxygen atoms in total. The number of β-amino-alcohol motifs (C(OH)–C–C–N with tert-alkyl or cyclic N) is 1. The van der Waals surface area contributed by atoms with Crippen LogP contribution in [0, 0.1) is 0 Å². The number of hydrogen-bond acceptors (Lipinski definition) is 6. The fourth-order valence-corrected chi connectivity index (χ4v) is 3.13. The number of methoxy groups -OCH3 is 2. The average Bonchev–Trinajstić information content (AvgIpc) is 2.76. The Kier molecular flexibility index (Phi) is 8.69. The minimum atomic E-state index is -0.645. The van der Waals surface area contributed by atoms with Gasteiger partial charge < -0.3 is 24.6 Å². The second-order valence-corrected chi connectivity index (χ2v) is 8.07. The number of ether oxygens (including phenoxy) is 3. The van der Waals surface area contributed by atoms with Gasteiger partial charge in [-0.15, -0.1) is 0 Å². The molecule has 0 spiro atoms. The van der Waals surface area contributed by atoms with Gasteiger partial charge in [-0.1, -0.05) is 24.3 Å². The number of carbonyl (C=O) groups is 1. The second-order valence-electron chi connectivity index (χ2n) is 8.07. The third-order valence-corrected chi connectivity index (χ3v) is 5.00. The average molecular weight is 416 g/mol. The van der Waals surface area contributed by atoms with Gasteiger partial charge in [-0.25, -0.2) is 0 Å². The van der Waals surface area contributed by atoms with Crippen LogP contribution in [0.15, 0.2) is 48.5 Å². The van der Waals surface area contributed by atoms with Gasteiger partial charge in [0.1, 0.15) is 24.2 Å². The van der Waals surface area contributed by atoms with Gasteiger partial charge in [-0.3, -0.25) is 4.79 Å². The molecular formula is C24H33NO5. The zero-order chi connectivity index (χ0) is 22.1. The Morgan fingerprint density at radius 2 is 1.63 bits per heavy atom. The van der Waals surface area contributed by atoms with Gasteiger partial charge in [0.05, 0.1) is 20.1 Å². The minimum Gasteiger partial charge on any atom is -0.497 e. The summed E-state index contributed by atoms with van der Waals surface area (Å²) in [5, 5.41) is 13.7. The lowest BCUT2D eigenvalue weighted by Crippen LogP contribution is -2.46. The van der Waals surface area contributed by atoms with Crippen LogP contribution in [-0.4, -0.2) is 50.1 Å². The third-order valence-electron chi connectivity index (χ3n) is 5.00. The number of aliphatic hydroxyl groups is 1. The minimum absolute atomic E-state index is 0.178. The summed E-state index contributed by atoms with van der Waals surface area (Å²) in [5.74, 6) is 0.881. The van der Waals surface area contributed by atoms with Gasteiger partial charge in [0.25, 0.3) is 0 Å². The highest BCUT2D eigenvalue weighted by Crippen LogP contribution is 2.21. The molecule has 2 rings (SSSR count). The Morgan fingerprint density at radius 3 is 2.20 bits per heavy atom. The maximum absolute atomic E-state index is 11.6. The summed E-state index contributed by atoms with van der Waals surface area (Å²) in [4.78, 5) is 11.6. The van der Waals surface area contributed by atoms with Crippen molar-refractivity contribution in [1.29, 1.82) is 0 Å². The molecule has 2 atom stereocenters. The molecule has 0 fully saturated rings. The van der Waals surface area contributed by atoms with E-state index in [9.17, 15) is 9.90 Å². The second kappa shape index (κ2) is 11.0. The maximum atomic E-state index is 11.6. The Hall–Kier alpha value is -2.57. The molecule has 0 aliphatic carbocycles. The number of aliphatic hydroxyl groups excluding tert-OH is 1. The first-order chi connectivity index (χ1) is 14.2. The zero-order valence-electron chi connectivity index (χ0n) is 18.5. The lowest BCUT2D eigenvalue weighted by Gasteiger charge is -2.28. The van der Waals surface area contributed by atoms with E-state index in [0.717, 1.165) is 17.7 Å². The smallest absolute Gasteiger partial charge is 0.312 e. The van der Waals surface area contributed by atoms with Gasteiger partial charge in [-0.05, 0) is 62.6 Å². The first-order valence-corrected chi connectivity index (χ1v) is 10.1. The quantitative estimate of drug-likeness (QED) is 0.548. The van der Waals surface area contributed by atoms with Gasteiger partial charge >= 0.3 is 5.97 Å². The lowest BCUT2D eigenvalue weighted by molar-refractivity contribution is -0.141. The summed E-state index contributed by atoms with van der Waals surface area (Å²) in [5.41, 5.74) is 1.87. The summed E-state index contributed by atoms with van der Waals surface area (Å²) < 4.78 is 15.6. The number of carbonyl (C=O) groups excluding carboxylic acids is 1. The van der Waals surface area contributed by atoms with E-state index < -0.39 is 6.10 Å². The number of esters is 1. The Balaban J connectivity index is 1.78. The Labute approximate surface area is 179 Å². The Morgan fingerprint density at radius 1 is 1.03 bits per heavy atom. The predicted octanol–water partition coefficient (Wildman–Crippen LogP) is 3.32. The molecule has 0 heterocycles. The van der Waals surface area contributed by atoms with Gasteiger partial charge in [0, 0.05) is 12.1 Å². The SMILES string of the molecule is COC(=O)[C@H](C)c1ccc(OC[C@H](O)CNC(C)(C)Cc2ccc(OC)cc2)cc1. The lowest BCUT2D eigenvalue weighted by atomic mass is 9.94. The standard InChI is InChI=1S/C24H33NO5/c1-17(23(27)29-5)19-8-12-22(13-9-19)30-16-20(26)15-25-24(2,3)14-18-6-10-21(28-4)11-7-18/h6-13,17,20,25-26H,14-16H2,1-5H3/t17-,20-/m1/s1. The molecule has 0 saturated heterocycles. The number of hydrogen-bond donors (Lipinski definition) is 2. The molecule has 6 heteroatoms. The molecule has 0 amide bonds. The monoisotopic (exact) mass is 415 g/mol. The van der Waals surface area contributed by atoms with Gasteiger partial charge in [0.2, 0.25) is 0 Å². The van der Waals surface area contributed by atoms with Crippen molar-refractivity contribution in [3.05, 3.63) is 59.7 Å². The third kappa shape index (κ3) is 7.35. The van der Waals surface area contributed by atoms with Crippen LogP contribution in [0.3, 0.4) is 0 Å². The van der Waals surface area contributed by atoms with Crippen molar-refractivity contribution >= 4 is 5.97 Å². The summed E-state index contributed by atoms with van der Waals surface area (Å²) in [6.07, 6.45) is 0.179. The van der Waals surface area contributed by atoms with Crippen molar-refractivity contribution in [3.8, 4) is 11.5 Å². The highest BCUT2D eigenvalue weighted by Gasteiger charge is 2.20. The van der Waals surface area contributed by atoms with Crippen LogP contribution >= 0.6 is 0 Å². The van der Waals surface area contributed by atoms with Crippen molar-refractivity contribution in [1.82, 2.24) is 5.32 Å². The topological polar surface area (TPSA) is 77.0 Å². The van der Waals surface area contributed by atoms with Crippen LogP contribution in [0.1, 0.15) is 37.8 Å². The van der Waals surface area contributed by atoms with Crippen LogP contribution in [0.25, 0.3) is 0 Å². The molecule has 0 aliphatic heterocycles. The molecule has 2 N–H and O–H groups in total. The molecule has 30 heavy (non-hydrogen) atoms. The molecule has 164 valence electrons. The molecule has 0 aromatic heterocycles. The maximum Gasteiger partial charge on any atom is 0.312 e. The highest BCUT2D eigenvalue weighted by atomic mass is 16.5. The molecule has 0 radical (unpaired) electrons. The zero-order valence-corrected chi connectivity index (χ0v) is 18.5. The summed E-state index contributed by atoms with van der Waals surface area (Å²) in [7, 11) is 3.03. The number of nitrogens with one attached hydrogen (secondary N) is 1. The first kappa shape index (κ1) is 23.7. The molecule has 0 bridgehead atoms. The van der Waals surface area contributed by atoms with Crippen LogP contribution < -0.4 is 14.8 Å². The number of benzene rings is 2. The Bertz CT molecular complexity index is 786. The van der Waals surface area contributed by atoms with Gasteiger partial charge in [-0.2, -0.15) is 0 Å². The van der Waals surface area contributed by atoms with E-state index in [0.29, 0.717) is 12.3 Å². The van der Waals surface area contributed by atoms with Gasteiger partial charge in [0.15, 0.2) is 0 Å². The van der Waals surface area contributed by atoms with E-state index in [-0.39, 0.29) is 24.0 Å². The van der Waals surface area contributed by atoms with E-state index >= 15 is 0 Å². The van der Waals surface area contributed by atoms with E-state index in [2.05, 4.69) is 19.2 Å². The summed E-state index contributed by atoms with van der Waals surface area (Å²) in [6, 6.07) is 15.2. The summed E-state index contributed by atoms with van der Waals surface area (Å²) in [6.45, 7) is 6.60. The molecule has 0 saturated carbocycles. The van der Waals surface area contributed by atoms with Crippen LogP contribution in [0.5, 0.6) is 11.5 Å². The van der Waals surface area contributed by atoms with E-state index in [1.54, 1.807) is 26.2 Å². The number of rotatable bonds is 11. The fraction of sp³-hybridized carbons (Fsp3) is 0.458. The molecule has 2 aromatic rings. The van der Waals surface area contributed by atoms with Crippen molar-refractivity contribution < 1.29 is 24.1 Å². The van der Waals surface area contributed by atoms with E-state index in [4.69, 9.17) is 14.2 Å². The molecule has 0 unspecified atom stereocenters. The fourth-order valence-electron chi connectivity index (χ4n) is 3.13. The molecule has 0 aliphatic rings. The predicted molar refractivity (Wildman–Crippen MR) is 117 cm³/mol. The summed E-state index contributed by atoms with van der Waals surface area (Å²) >= 11 is 0. The normalized spacial score (nSPS) is 13.4. The van der Waals surface area contributed by atoms with E-state index in [1.165, 1.54) is 12.7 Å². The van der Waals surface area contributed by atoms with Crippen molar-refractivity contribution in [3.63, 3.8) is 0 Å².